The fraction of sp³-hybridized carbons (Fsp3) is 0.600. The summed E-state index contributed by atoms with van der Waals surface area (Å²) in [5, 5.41) is 13.0. The summed E-state index contributed by atoms with van der Waals surface area (Å²) >= 11 is 1.70. The molecule has 2 aliphatic rings. The van der Waals surface area contributed by atoms with Gasteiger partial charge in [-0.2, -0.15) is 11.8 Å². The molecule has 0 amide bonds. The number of rotatable bonds is 5. The minimum atomic E-state index is -0.938. The number of nitrogens with zero attached hydrogens (tertiary/aromatic N) is 1. The van der Waals surface area contributed by atoms with E-state index in [1.54, 1.807) is 17.8 Å². The van der Waals surface area contributed by atoms with Crippen LogP contribution in [0.25, 0.3) is 10.9 Å². The number of halogens is 2. The summed E-state index contributed by atoms with van der Waals surface area (Å²) in [5.41, 5.74) is 0.250. The summed E-state index contributed by atoms with van der Waals surface area (Å²) in [6.45, 7) is 0. The van der Waals surface area contributed by atoms with Gasteiger partial charge in [-0.25, -0.2) is 13.8 Å². The highest BCUT2D eigenvalue weighted by Gasteiger charge is 2.27. The minimum Gasteiger partial charge on any atom is -0.393 e. The minimum absolute atomic E-state index is 0.0664. The number of hydrogen-bond donors (Lipinski definition) is 3. The Morgan fingerprint density at radius 3 is 2.71 bits per heavy atom. The van der Waals surface area contributed by atoms with Crippen LogP contribution in [0.1, 0.15) is 50.8 Å². The average Bonchev–Trinajstić information content (AvgIpc) is 3.05. The van der Waals surface area contributed by atoms with E-state index in [1.807, 2.05) is 0 Å². The van der Waals surface area contributed by atoms with Gasteiger partial charge in [-0.3, -0.25) is 4.79 Å². The average molecular weight is 410 g/mol. The van der Waals surface area contributed by atoms with Crippen LogP contribution in [0.5, 0.6) is 0 Å². The smallest absolute Gasteiger partial charge is 0.261 e. The van der Waals surface area contributed by atoms with Crippen molar-refractivity contribution < 1.29 is 13.9 Å². The third-order valence-electron chi connectivity index (χ3n) is 5.69. The van der Waals surface area contributed by atoms with E-state index in [1.165, 1.54) is 6.07 Å². The lowest BCUT2D eigenvalue weighted by Crippen LogP contribution is -2.25. The van der Waals surface area contributed by atoms with Crippen LogP contribution in [0, 0.1) is 5.82 Å². The second kappa shape index (κ2) is 8.37. The number of benzene rings is 1. The molecule has 0 spiro atoms. The quantitative estimate of drug-likeness (QED) is 0.698. The van der Waals surface area contributed by atoms with Crippen molar-refractivity contribution >= 4 is 28.4 Å². The Hall–Kier alpha value is -1.67. The molecule has 2 atom stereocenters. The fourth-order valence-corrected chi connectivity index (χ4v) is 5.26. The second-order valence-electron chi connectivity index (χ2n) is 7.80. The van der Waals surface area contributed by atoms with Crippen molar-refractivity contribution in [1.29, 1.82) is 0 Å². The van der Waals surface area contributed by atoms with Gasteiger partial charge in [0.15, 0.2) is 0 Å². The standard InChI is InChI=1S/C20H25F2N3O2S/c21-14-2-1-3-16(14)23-11-8-15(22)19-17(9-11)24-18(25-20(19)27)10-28-13-6-4-12(26)5-7-13/h8-9,12-14,16,23,26H,1-7,10H2,(H,24,25,27)/t12?,13?,14-,16+/m0/s1. The highest BCUT2D eigenvalue weighted by atomic mass is 32.2. The van der Waals surface area contributed by atoms with Crippen LogP contribution in [0.15, 0.2) is 16.9 Å². The zero-order valence-corrected chi connectivity index (χ0v) is 16.4. The Morgan fingerprint density at radius 2 is 2.00 bits per heavy atom. The van der Waals surface area contributed by atoms with Gasteiger partial charge < -0.3 is 15.4 Å². The Labute approximate surface area is 166 Å². The third-order valence-corrected chi connectivity index (χ3v) is 7.08. The van der Waals surface area contributed by atoms with Crippen LogP contribution >= 0.6 is 11.8 Å². The number of anilines is 1. The van der Waals surface area contributed by atoms with E-state index < -0.39 is 17.5 Å². The van der Waals surface area contributed by atoms with Crippen LogP contribution in [0.4, 0.5) is 14.5 Å². The molecule has 4 rings (SSSR count). The summed E-state index contributed by atoms with van der Waals surface area (Å²) in [6, 6.07) is 2.55. The SMILES string of the molecule is O=c1[nH]c(CSC2CCC(O)CC2)nc2cc(N[C@@H]3CCC[C@@H]3F)cc(F)c12. The van der Waals surface area contributed by atoms with Crippen LogP contribution in [0.3, 0.4) is 0 Å². The summed E-state index contributed by atoms with van der Waals surface area (Å²) < 4.78 is 28.4. The summed E-state index contributed by atoms with van der Waals surface area (Å²) in [6.07, 6.45) is 4.39. The van der Waals surface area contributed by atoms with E-state index >= 15 is 0 Å². The molecule has 2 saturated carbocycles. The first-order valence-corrected chi connectivity index (χ1v) is 11.0. The molecule has 1 aromatic heterocycles. The van der Waals surface area contributed by atoms with Gasteiger partial charge in [0.25, 0.3) is 5.56 Å². The number of aliphatic hydroxyl groups is 1. The lowest BCUT2D eigenvalue weighted by Gasteiger charge is -2.24. The van der Waals surface area contributed by atoms with Crippen LogP contribution in [0.2, 0.25) is 0 Å². The number of H-pyrrole nitrogens is 1. The molecule has 0 unspecified atom stereocenters. The molecule has 2 aromatic rings. The van der Waals surface area contributed by atoms with E-state index in [9.17, 15) is 18.7 Å². The van der Waals surface area contributed by atoms with Crippen molar-refractivity contribution in [3.63, 3.8) is 0 Å². The highest BCUT2D eigenvalue weighted by molar-refractivity contribution is 7.99. The molecule has 3 N–H and O–H groups in total. The Kier molecular flexibility index (Phi) is 5.87. The van der Waals surface area contributed by atoms with Gasteiger partial charge in [-0.1, -0.05) is 0 Å². The molecule has 8 heteroatoms. The van der Waals surface area contributed by atoms with E-state index in [0.717, 1.165) is 32.1 Å². The number of thioether (sulfide) groups is 1. The van der Waals surface area contributed by atoms with Crippen molar-refractivity contribution in [2.75, 3.05) is 5.32 Å². The predicted molar refractivity (Wildman–Crippen MR) is 108 cm³/mol. The van der Waals surface area contributed by atoms with Crippen molar-refractivity contribution in [3.05, 3.63) is 34.1 Å². The lowest BCUT2D eigenvalue weighted by atomic mass is 9.97. The zero-order valence-electron chi connectivity index (χ0n) is 15.6. The molecule has 2 fully saturated rings. The third kappa shape index (κ3) is 4.33. The first-order chi connectivity index (χ1) is 13.5. The monoisotopic (exact) mass is 409 g/mol. The fourth-order valence-electron chi connectivity index (χ4n) is 4.12. The van der Waals surface area contributed by atoms with Gasteiger partial charge >= 0.3 is 0 Å². The lowest BCUT2D eigenvalue weighted by molar-refractivity contribution is 0.132. The summed E-state index contributed by atoms with van der Waals surface area (Å²) in [7, 11) is 0. The van der Waals surface area contributed by atoms with E-state index in [-0.39, 0.29) is 23.0 Å². The molecule has 0 aliphatic heterocycles. The van der Waals surface area contributed by atoms with Crippen molar-refractivity contribution in [3.8, 4) is 0 Å². The van der Waals surface area contributed by atoms with Gasteiger partial charge in [-0.05, 0) is 57.1 Å². The summed E-state index contributed by atoms with van der Waals surface area (Å²) in [4.78, 5) is 19.5. The van der Waals surface area contributed by atoms with Gasteiger partial charge in [-0.15, -0.1) is 0 Å². The summed E-state index contributed by atoms with van der Waals surface area (Å²) in [5.74, 6) is 0.387. The van der Waals surface area contributed by atoms with Crippen molar-refractivity contribution in [2.24, 2.45) is 0 Å². The largest absolute Gasteiger partial charge is 0.393 e. The zero-order chi connectivity index (χ0) is 19.7. The Balaban J connectivity index is 1.53. The van der Waals surface area contributed by atoms with E-state index in [4.69, 9.17) is 0 Å². The maximum atomic E-state index is 14.5. The first kappa shape index (κ1) is 19.6. The Morgan fingerprint density at radius 1 is 1.21 bits per heavy atom. The molecule has 28 heavy (non-hydrogen) atoms. The molecule has 2 aliphatic carbocycles. The number of nitrogens with one attached hydrogen (secondary N) is 2. The predicted octanol–water partition coefficient (Wildman–Crippen LogP) is 3.90. The van der Waals surface area contributed by atoms with Crippen LogP contribution in [-0.4, -0.2) is 38.6 Å². The molecular weight excluding hydrogens is 384 g/mol. The number of aromatic nitrogens is 2. The molecule has 0 saturated heterocycles. The number of alkyl halides is 1. The molecule has 5 nitrogen and oxygen atoms in total. The van der Waals surface area contributed by atoms with Crippen molar-refractivity contribution in [2.45, 2.75) is 74.3 Å². The highest BCUT2D eigenvalue weighted by Crippen LogP contribution is 2.31. The molecule has 0 bridgehead atoms. The molecular formula is C20H25F2N3O2S. The molecule has 0 radical (unpaired) electrons. The topological polar surface area (TPSA) is 78.0 Å². The molecule has 1 heterocycles. The number of hydrogen-bond acceptors (Lipinski definition) is 5. The van der Waals surface area contributed by atoms with Gasteiger partial charge in [0.1, 0.15) is 23.2 Å². The van der Waals surface area contributed by atoms with Gasteiger partial charge in [0.2, 0.25) is 0 Å². The second-order valence-corrected chi connectivity index (χ2v) is 9.09. The number of aliphatic hydroxyl groups excluding tert-OH is 1. The molecule has 152 valence electrons. The van der Waals surface area contributed by atoms with E-state index in [2.05, 4.69) is 15.3 Å². The Bertz CT molecular complexity index is 899. The number of fused-ring (bicyclic) bond motifs is 1. The molecule has 1 aromatic carbocycles. The first-order valence-electron chi connectivity index (χ1n) is 9.92. The van der Waals surface area contributed by atoms with E-state index in [0.29, 0.717) is 35.4 Å². The van der Waals surface area contributed by atoms with Crippen LogP contribution < -0.4 is 10.9 Å². The normalized spacial score (nSPS) is 28.0. The van der Waals surface area contributed by atoms with Crippen molar-refractivity contribution in [1.82, 2.24) is 9.97 Å². The number of aromatic amines is 1. The van der Waals surface area contributed by atoms with Crippen LogP contribution in [-0.2, 0) is 5.75 Å². The van der Waals surface area contributed by atoms with Gasteiger partial charge in [0, 0.05) is 10.9 Å². The maximum absolute atomic E-state index is 14.5. The maximum Gasteiger partial charge on any atom is 0.261 e. The van der Waals surface area contributed by atoms with Gasteiger partial charge in [0.05, 0.1) is 23.4 Å².